The molecule has 0 bridgehead atoms. The van der Waals surface area contributed by atoms with Gasteiger partial charge in [-0.25, -0.2) is 4.98 Å². The van der Waals surface area contributed by atoms with E-state index in [0.717, 1.165) is 20.1 Å². The average molecular weight is 328 g/mol. The SMILES string of the molecule is COc1ccccc1-c1nc(CC(=O)O)c(Br)s1. The Morgan fingerprint density at radius 3 is 2.89 bits per heavy atom. The molecule has 0 aliphatic rings. The average Bonchev–Trinajstić information content (AvgIpc) is 2.70. The molecule has 2 aromatic rings. The number of rotatable bonds is 4. The van der Waals surface area contributed by atoms with Gasteiger partial charge in [-0.3, -0.25) is 4.79 Å². The number of hydrogen-bond acceptors (Lipinski definition) is 4. The van der Waals surface area contributed by atoms with Crippen LogP contribution in [0.1, 0.15) is 5.69 Å². The van der Waals surface area contributed by atoms with Crippen molar-refractivity contribution < 1.29 is 14.6 Å². The molecule has 0 aliphatic heterocycles. The second-order valence-corrected chi connectivity index (χ2v) is 5.83. The molecule has 6 heteroatoms. The summed E-state index contributed by atoms with van der Waals surface area (Å²) in [5.74, 6) is -0.173. The van der Waals surface area contributed by atoms with Crippen LogP contribution in [0.4, 0.5) is 0 Å². The van der Waals surface area contributed by atoms with Crippen molar-refractivity contribution in [1.29, 1.82) is 0 Å². The van der Waals surface area contributed by atoms with E-state index in [0.29, 0.717) is 5.69 Å². The van der Waals surface area contributed by atoms with Crippen molar-refractivity contribution in [2.75, 3.05) is 7.11 Å². The minimum atomic E-state index is -0.896. The number of benzene rings is 1. The maximum absolute atomic E-state index is 10.7. The maximum atomic E-state index is 10.7. The molecular weight excluding hydrogens is 318 g/mol. The van der Waals surface area contributed by atoms with Crippen LogP contribution >= 0.6 is 27.3 Å². The number of thiazole rings is 1. The van der Waals surface area contributed by atoms with Crippen LogP contribution < -0.4 is 4.74 Å². The number of carboxylic acids is 1. The van der Waals surface area contributed by atoms with Gasteiger partial charge in [0.2, 0.25) is 0 Å². The van der Waals surface area contributed by atoms with E-state index in [1.807, 2.05) is 24.3 Å². The van der Waals surface area contributed by atoms with Gasteiger partial charge in [-0.1, -0.05) is 12.1 Å². The van der Waals surface area contributed by atoms with E-state index in [1.165, 1.54) is 11.3 Å². The Hall–Kier alpha value is -1.40. The van der Waals surface area contributed by atoms with Crippen LogP contribution in [-0.4, -0.2) is 23.2 Å². The van der Waals surface area contributed by atoms with Crippen LogP contribution in [0.5, 0.6) is 5.75 Å². The van der Waals surface area contributed by atoms with Gasteiger partial charge in [0.05, 0.1) is 28.6 Å². The third-order valence-corrected chi connectivity index (χ3v) is 4.17. The topological polar surface area (TPSA) is 59.4 Å². The Labute approximate surface area is 116 Å². The van der Waals surface area contributed by atoms with Crippen molar-refractivity contribution in [3.8, 4) is 16.3 Å². The molecule has 1 aromatic heterocycles. The van der Waals surface area contributed by atoms with Crippen molar-refractivity contribution >= 4 is 33.2 Å². The minimum Gasteiger partial charge on any atom is -0.496 e. The van der Waals surface area contributed by atoms with E-state index >= 15 is 0 Å². The van der Waals surface area contributed by atoms with Gasteiger partial charge in [0.15, 0.2) is 0 Å². The lowest BCUT2D eigenvalue weighted by atomic mass is 10.2. The monoisotopic (exact) mass is 327 g/mol. The van der Waals surface area contributed by atoms with Crippen molar-refractivity contribution in [2.24, 2.45) is 0 Å². The molecule has 2 rings (SSSR count). The Morgan fingerprint density at radius 1 is 1.50 bits per heavy atom. The van der Waals surface area contributed by atoms with Crippen LogP contribution in [0.2, 0.25) is 0 Å². The zero-order chi connectivity index (χ0) is 13.1. The van der Waals surface area contributed by atoms with Gasteiger partial charge in [0.1, 0.15) is 10.8 Å². The van der Waals surface area contributed by atoms with Gasteiger partial charge in [-0.2, -0.15) is 0 Å². The third-order valence-electron chi connectivity index (χ3n) is 2.31. The summed E-state index contributed by atoms with van der Waals surface area (Å²) in [6, 6.07) is 7.52. The largest absolute Gasteiger partial charge is 0.496 e. The molecule has 18 heavy (non-hydrogen) atoms. The fourth-order valence-electron chi connectivity index (χ4n) is 1.52. The van der Waals surface area contributed by atoms with Crippen molar-refractivity contribution in [3.05, 3.63) is 33.7 Å². The molecule has 0 fully saturated rings. The summed E-state index contributed by atoms with van der Waals surface area (Å²) < 4.78 is 6.01. The first-order valence-electron chi connectivity index (χ1n) is 5.12. The second-order valence-electron chi connectivity index (χ2n) is 3.51. The number of carboxylic acid groups (broad SMARTS) is 1. The lowest BCUT2D eigenvalue weighted by Gasteiger charge is -2.04. The molecule has 0 unspecified atom stereocenters. The van der Waals surface area contributed by atoms with E-state index in [9.17, 15) is 4.79 Å². The highest BCUT2D eigenvalue weighted by molar-refractivity contribution is 9.11. The van der Waals surface area contributed by atoms with Gasteiger partial charge in [-0.15, -0.1) is 11.3 Å². The number of carbonyl (C=O) groups is 1. The third kappa shape index (κ3) is 2.70. The molecule has 0 spiro atoms. The summed E-state index contributed by atoms with van der Waals surface area (Å²) in [7, 11) is 1.60. The molecule has 0 saturated carbocycles. The molecule has 94 valence electrons. The minimum absolute atomic E-state index is 0.0910. The second kappa shape index (κ2) is 5.49. The quantitative estimate of drug-likeness (QED) is 0.936. The summed E-state index contributed by atoms with van der Waals surface area (Å²) in [6.45, 7) is 0. The first-order chi connectivity index (χ1) is 8.61. The van der Waals surface area contributed by atoms with Gasteiger partial charge in [0, 0.05) is 0 Å². The maximum Gasteiger partial charge on any atom is 0.309 e. The van der Waals surface area contributed by atoms with Crippen molar-refractivity contribution in [2.45, 2.75) is 6.42 Å². The normalized spacial score (nSPS) is 10.3. The summed E-state index contributed by atoms with van der Waals surface area (Å²) in [5.41, 5.74) is 1.40. The fraction of sp³-hybridized carbons (Fsp3) is 0.167. The van der Waals surface area contributed by atoms with Gasteiger partial charge in [-0.05, 0) is 28.1 Å². The lowest BCUT2D eigenvalue weighted by molar-refractivity contribution is -0.136. The van der Waals surface area contributed by atoms with E-state index in [-0.39, 0.29) is 6.42 Å². The predicted octanol–water partition coefficient (Wildman–Crippen LogP) is 3.21. The number of halogens is 1. The van der Waals surface area contributed by atoms with E-state index in [2.05, 4.69) is 20.9 Å². The van der Waals surface area contributed by atoms with E-state index in [1.54, 1.807) is 7.11 Å². The molecule has 1 heterocycles. The Kier molecular flexibility index (Phi) is 3.98. The smallest absolute Gasteiger partial charge is 0.309 e. The Morgan fingerprint density at radius 2 is 2.22 bits per heavy atom. The van der Waals surface area contributed by atoms with Gasteiger partial charge < -0.3 is 9.84 Å². The van der Waals surface area contributed by atoms with Crippen LogP contribution in [0, 0.1) is 0 Å². The molecule has 0 radical (unpaired) electrons. The fourth-order valence-corrected chi connectivity index (χ4v) is 3.05. The summed E-state index contributed by atoms with van der Waals surface area (Å²) >= 11 is 4.74. The number of methoxy groups -OCH3 is 1. The van der Waals surface area contributed by atoms with Gasteiger partial charge in [0.25, 0.3) is 0 Å². The Bertz CT molecular complexity index is 582. The van der Waals surface area contributed by atoms with Crippen LogP contribution in [0.3, 0.4) is 0 Å². The van der Waals surface area contributed by atoms with E-state index in [4.69, 9.17) is 9.84 Å². The van der Waals surface area contributed by atoms with Crippen LogP contribution in [-0.2, 0) is 11.2 Å². The predicted molar refractivity (Wildman–Crippen MR) is 73.1 cm³/mol. The lowest BCUT2D eigenvalue weighted by Crippen LogP contribution is -2.00. The summed E-state index contributed by atoms with van der Waals surface area (Å²) in [4.78, 5) is 15.0. The molecule has 0 saturated heterocycles. The highest BCUT2D eigenvalue weighted by Crippen LogP contribution is 2.36. The molecule has 0 aliphatic carbocycles. The van der Waals surface area contributed by atoms with Gasteiger partial charge >= 0.3 is 5.97 Å². The highest BCUT2D eigenvalue weighted by atomic mass is 79.9. The van der Waals surface area contributed by atoms with Crippen molar-refractivity contribution in [3.63, 3.8) is 0 Å². The number of ether oxygens (including phenoxy) is 1. The summed E-state index contributed by atoms with van der Waals surface area (Å²) in [6.07, 6.45) is -0.0910. The zero-order valence-corrected chi connectivity index (χ0v) is 11.9. The molecule has 0 atom stereocenters. The molecule has 1 aromatic carbocycles. The standard InChI is InChI=1S/C12H10BrNO3S/c1-17-9-5-3-2-4-7(9)12-14-8(6-10(15)16)11(13)18-12/h2-5H,6H2,1H3,(H,15,16). The van der Waals surface area contributed by atoms with Crippen LogP contribution in [0.25, 0.3) is 10.6 Å². The molecule has 4 nitrogen and oxygen atoms in total. The first kappa shape index (κ1) is 13.0. The molecule has 1 N–H and O–H groups in total. The number of nitrogens with zero attached hydrogens (tertiary/aromatic N) is 1. The number of aromatic nitrogens is 1. The molecular formula is C12H10BrNO3S. The molecule has 0 amide bonds. The first-order valence-corrected chi connectivity index (χ1v) is 6.73. The number of para-hydroxylation sites is 1. The number of aliphatic carboxylic acids is 1. The summed E-state index contributed by atoms with van der Waals surface area (Å²) in [5, 5.41) is 9.54. The Balaban J connectivity index is 2.42. The van der Waals surface area contributed by atoms with Crippen LogP contribution in [0.15, 0.2) is 28.1 Å². The van der Waals surface area contributed by atoms with E-state index < -0.39 is 5.97 Å². The highest BCUT2D eigenvalue weighted by Gasteiger charge is 2.15. The zero-order valence-electron chi connectivity index (χ0n) is 9.51. The number of hydrogen-bond donors (Lipinski definition) is 1. The van der Waals surface area contributed by atoms with Crippen molar-refractivity contribution in [1.82, 2.24) is 4.98 Å².